The summed E-state index contributed by atoms with van der Waals surface area (Å²) in [4.78, 5) is 8.70. The second kappa shape index (κ2) is 15.3. The van der Waals surface area contributed by atoms with Crippen LogP contribution in [-0.4, -0.2) is 9.97 Å². The summed E-state index contributed by atoms with van der Waals surface area (Å²) in [5.74, 6) is 0. The third kappa shape index (κ3) is 6.94. The molecule has 0 fully saturated rings. The summed E-state index contributed by atoms with van der Waals surface area (Å²) in [5.41, 5.74) is 16.8. The van der Waals surface area contributed by atoms with Crippen LogP contribution in [0.1, 0.15) is 25.0 Å². The van der Waals surface area contributed by atoms with E-state index in [0.717, 1.165) is 28.1 Å². The molecule has 0 saturated carbocycles. The minimum atomic E-state index is -0.0403. The van der Waals surface area contributed by atoms with Crippen LogP contribution < -0.4 is 0 Å². The molecule has 0 spiro atoms. The topological polar surface area (TPSA) is 25.8 Å². The molecule has 0 N–H and O–H groups in total. The van der Waals surface area contributed by atoms with E-state index in [9.17, 15) is 0 Å². The van der Waals surface area contributed by atoms with Gasteiger partial charge < -0.3 is 9.97 Å². The van der Waals surface area contributed by atoms with Gasteiger partial charge in [0.2, 0.25) is 0 Å². The van der Waals surface area contributed by atoms with E-state index in [4.69, 9.17) is 0 Å². The van der Waals surface area contributed by atoms with Crippen LogP contribution in [0.5, 0.6) is 0 Å². The van der Waals surface area contributed by atoms with Gasteiger partial charge in [-0.25, -0.2) is 0 Å². The van der Waals surface area contributed by atoms with E-state index in [1.807, 2.05) is 72.9 Å². The Balaban J connectivity index is 0.000000275. The Labute approximate surface area is 320 Å². The van der Waals surface area contributed by atoms with E-state index in [-0.39, 0.29) is 25.5 Å². The quantitative estimate of drug-likeness (QED) is 0.161. The molecule has 6 aromatic carbocycles. The van der Waals surface area contributed by atoms with Crippen molar-refractivity contribution in [3.8, 4) is 67.0 Å². The predicted molar refractivity (Wildman–Crippen MR) is 211 cm³/mol. The first-order chi connectivity index (χ1) is 25.1. The van der Waals surface area contributed by atoms with Crippen molar-refractivity contribution < 1.29 is 20.1 Å². The molecule has 0 aliphatic heterocycles. The molecule has 253 valence electrons. The zero-order valence-corrected chi connectivity index (χ0v) is 31.4. The van der Waals surface area contributed by atoms with Gasteiger partial charge in [0.15, 0.2) is 0 Å². The predicted octanol–water partition coefficient (Wildman–Crippen LogP) is 12.4. The summed E-state index contributed by atoms with van der Waals surface area (Å²) in [6.07, 6.45) is 3.61. The molecule has 0 amide bonds. The molecule has 8 aromatic rings. The Morgan fingerprint density at radius 2 is 1.00 bits per heavy atom. The molecule has 2 nitrogen and oxygen atoms in total. The number of benzene rings is 6. The molecule has 1 aliphatic rings. The number of aromatic nitrogens is 2. The Morgan fingerprint density at radius 3 is 1.69 bits per heavy atom. The maximum atomic E-state index is 4.48. The fraction of sp³-hybridized carbons (Fsp3) is 0.0612. The zero-order chi connectivity index (χ0) is 34.6. The molecule has 2 aromatic heterocycles. The van der Waals surface area contributed by atoms with E-state index in [1.165, 1.54) is 50.1 Å². The molecule has 0 bridgehead atoms. The third-order valence-corrected chi connectivity index (χ3v) is 9.70. The van der Waals surface area contributed by atoms with Crippen molar-refractivity contribution in [1.82, 2.24) is 9.97 Å². The fourth-order valence-electron chi connectivity index (χ4n) is 7.20. The van der Waals surface area contributed by atoms with E-state index < -0.39 is 0 Å². The molecule has 52 heavy (non-hydrogen) atoms. The van der Waals surface area contributed by atoms with Gasteiger partial charge in [0.1, 0.15) is 0 Å². The maximum absolute atomic E-state index is 4.48. The van der Waals surface area contributed by atoms with Crippen molar-refractivity contribution in [2.24, 2.45) is 0 Å². The van der Waals surface area contributed by atoms with Crippen molar-refractivity contribution >= 4 is 0 Å². The van der Waals surface area contributed by atoms with Crippen LogP contribution in [0.25, 0.3) is 67.0 Å². The fourth-order valence-corrected chi connectivity index (χ4v) is 7.20. The average molecular weight is 845 g/mol. The van der Waals surface area contributed by atoms with Crippen molar-refractivity contribution in [3.05, 3.63) is 206 Å². The van der Waals surface area contributed by atoms with Crippen LogP contribution in [0.3, 0.4) is 0 Å². The molecular formula is C49H36IrN2-2. The van der Waals surface area contributed by atoms with E-state index in [0.29, 0.717) is 0 Å². The smallest absolute Gasteiger partial charge is 0.0165 e. The SMILES string of the molecule is CC1(C)c2ccccc2-c2cccc(-c3cccc(-c4ccc(-c5cc[c-]c(-c6ccccn6)c5)cc4)c3)c21.[Ir].[c-]1ccccc1-c1ccccn1. The molecule has 1 aliphatic carbocycles. The van der Waals surface area contributed by atoms with Crippen LogP contribution in [0, 0.1) is 12.1 Å². The largest absolute Gasteiger partial charge is 0.305 e. The second-order valence-electron chi connectivity index (χ2n) is 13.3. The molecule has 9 rings (SSSR count). The van der Waals surface area contributed by atoms with Crippen molar-refractivity contribution in [3.63, 3.8) is 0 Å². The molecule has 0 atom stereocenters. The zero-order valence-electron chi connectivity index (χ0n) is 29.0. The van der Waals surface area contributed by atoms with Crippen LogP contribution in [-0.2, 0) is 25.5 Å². The van der Waals surface area contributed by atoms with Crippen molar-refractivity contribution in [1.29, 1.82) is 0 Å². The summed E-state index contributed by atoms with van der Waals surface area (Å²) >= 11 is 0. The van der Waals surface area contributed by atoms with Crippen molar-refractivity contribution in [2.75, 3.05) is 0 Å². The Kier molecular flexibility index (Phi) is 10.2. The number of hydrogen-bond acceptors (Lipinski definition) is 2. The Bertz CT molecular complexity index is 2380. The summed E-state index contributed by atoms with van der Waals surface area (Å²) in [6, 6.07) is 65.8. The van der Waals surface area contributed by atoms with Gasteiger partial charge in [0, 0.05) is 37.9 Å². The van der Waals surface area contributed by atoms with Gasteiger partial charge in [-0.05, 0) is 79.7 Å². The van der Waals surface area contributed by atoms with Gasteiger partial charge in [-0.1, -0.05) is 123 Å². The first-order valence-corrected chi connectivity index (χ1v) is 17.3. The normalized spacial score (nSPS) is 12.0. The van der Waals surface area contributed by atoms with Gasteiger partial charge in [0.25, 0.3) is 0 Å². The van der Waals surface area contributed by atoms with E-state index >= 15 is 0 Å². The minimum Gasteiger partial charge on any atom is -0.305 e. The number of hydrogen-bond donors (Lipinski definition) is 0. The number of rotatable bonds is 5. The monoisotopic (exact) mass is 845 g/mol. The van der Waals surface area contributed by atoms with E-state index in [1.54, 1.807) is 6.20 Å². The molecule has 0 saturated heterocycles. The van der Waals surface area contributed by atoms with Crippen LogP contribution >= 0.6 is 0 Å². The summed E-state index contributed by atoms with van der Waals surface area (Å²) in [7, 11) is 0. The standard InChI is InChI=1S/C38H28N.C11H8N.Ir/c1-38(2)35-17-4-3-14-33(35)34-16-9-15-32(37(34)38)30-12-7-10-28(24-30)26-19-21-27(22-20-26)29-11-8-13-31(25-29)36-18-5-6-23-39-36;1-2-6-10(7-3-1)11-8-4-5-9-12-11;/h3-12,14-25H,1-2H3;1-6,8-9H;/q2*-1;. The minimum absolute atomic E-state index is 0. The van der Waals surface area contributed by atoms with Crippen LogP contribution in [0.2, 0.25) is 0 Å². The summed E-state index contributed by atoms with van der Waals surface area (Å²) < 4.78 is 0. The number of nitrogens with zero attached hydrogens (tertiary/aromatic N) is 2. The van der Waals surface area contributed by atoms with Gasteiger partial charge in [-0.3, -0.25) is 0 Å². The molecule has 2 heterocycles. The summed E-state index contributed by atoms with van der Waals surface area (Å²) in [5, 5.41) is 0. The Morgan fingerprint density at radius 1 is 0.423 bits per heavy atom. The Hall–Kier alpha value is -5.73. The van der Waals surface area contributed by atoms with E-state index in [2.05, 4.69) is 139 Å². The molecule has 3 heteroatoms. The van der Waals surface area contributed by atoms with Crippen LogP contribution in [0.4, 0.5) is 0 Å². The van der Waals surface area contributed by atoms with Crippen LogP contribution in [0.15, 0.2) is 182 Å². The number of pyridine rings is 2. The average Bonchev–Trinajstić information content (AvgIpc) is 3.45. The van der Waals surface area contributed by atoms with Gasteiger partial charge in [-0.2, -0.15) is 0 Å². The number of fused-ring (bicyclic) bond motifs is 3. The molecule has 0 unspecified atom stereocenters. The van der Waals surface area contributed by atoms with Gasteiger partial charge in [0.05, 0.1) is 0 Å². The van der Waals surface area contributed by atoms with Gasteiger partial charge >= 0.3 is 0 Å². The third-order valence-electron chi connectivity index (χ3n) is 9.70. The molecular weight excluding hydrogens is 809 g/mol. The second-order valence-corrected chi connectivity index (χ2v) is 13.3. The summed E-state index contributed by atoms with van der Waals surface area (Å²) in [6.45, 7) is 4.70. The van der Waals surface area contributed by atoms with Gasteiger partial charge in [-0.15, -0.1) is 71.3 Å². The first kappa shape index (κ1) is 34.7. The molecule has 1 radical (unpaired) electrons. The maximum Gasteiger partial charge on any atom is 0.0165 e. The van der Waals surface area contributed by atoms with Crippen molar-refractivity contribution in [2.45, 2.75) is 19.3 Å². The first-order valence-electron chi connectivity index (χ1n) is 17.3.